The van der Waals surface area contributed by atoms with Gasteiger partial charge < -0.3 is 19.0 Å². The number of para-hydroxylation sites is 1. The normalized spacial score (nSPS) is 13.6. The topological polar surface area (TPSA) is 111 Å². The molecule has 1 saturated heterocycles. The highest BCUT2D eigenvalue weighted by Gasteiger charge is 2.34. The van der Waals surface area contributed by atoms with Crippen LogP contribution in [0, 0.1) is 13.8 Å². The highest BCUT2D eigenvalue weighted by atomic mass is 28.3. The largest absolute Gasteiger partial charge is 0.489 e. The number of nitrogens with zero attached hydrogens (tertiary/aromatic N) is 1. The van der Waals surface area contributed by atoms with E-state index in [1.54, 1.807) is 0 Å². The minimum Gasteiger partial charge on any atom is -0.489 e. The van der Waals surface area contributed by atoms with E-state index in [-0.39, 0.29) is 28.0 Å². The molecule has 1 N–H and O–H groups in total. The number of imide groups is 1. The van der Waals surface area contributed by atoms with E-state index >= 15 is 0 Å². The zero-order chi connectivity index (χ0) is 27.3. The summed E-state index contributed by atoms with van der Waals surface area (Å²) < 4.78 is 11.4. The van der Waals surface area contributed by atoms with Crippen LogP contribution < -0.4 is 15.2 Å². The smallest absolute Gasteiger partial charge is 0.352 e. The Labute approximate surface area is 222 Å². The molecule has 37 heavy (non-hydrogen) atoms. The van der Waals surface area contributed by atoms with E-state index in [1.165, 1.54) is 0 Å². The van der Waals surface area contributed by atoms with Gasteiger partial charge in [-0.2, -0.15) is 0 Å². The lowest BCUT2D eigenvalue weighted by Gasteiger charge is -2.31. The van der Waals surface area contributed by atoms with Crippen molar-refractivity contribution >= 4 is 49.1 Å². The van der Waals surface area contributed by atoms with E-state index in [2.05, 4.69) is 15.8 Å². The number of carbonyl (C=O) groups excluding carboxylic acids is 4. The van der Waals surface area contributed by atoms with Gasteiger partial charge >= 0.3 is 5.97 Å². The van der Waals surface area contributed by atoms with Crippen LogP contribution >= 0.6 is 0 Å². The van der Waals surface area contributed by atoms with Gasteiger partial charge in [-0.1, -0.05) is 39.0 Å². The predicted octanol–water partition coefficient (Wildman–Crippen LogP) is 1.86. The molecule has 2 aromatic carbocycles. The first-order valence-electron chi connectivity index (χ1n) is 11.7. The molecule has 0 aliphatic carbocycles. The van der Waals surface area contributed by atoms with Crippen molar-refractivity contribution in [2.75, 3.05) is 6.54 Å². The van der Waals surface area contributed by atoms with Crippen LogP contribution in [0.15, 0.2) is 30.3 Å². The third-order valence-corrected chi connectivity index (χ3v) is 7.15. The number of amides is 3. The minimum absolute atomic E-state index is 0.0104. The molecule has 0 unspecified atom stereocenters. The van der Waals surface area contributed by atoms with Crippen molar-refractivity contribution in [2.24, 2.45) is 0 Å². The Morgan fingerprint density at radius 2 is 1.68 bits per heavy atom. The fourth-order valence-corrected chi connectivity index (χ4v) is 5.65. The highest BCUT2D eigenvalue weighted by molar-refractivity contribution is 6.54. The number of benzene rings is 2. The maximum Gasteiger partial charge on any atom is 0.352 e. The van der Waals surface area contributed by atoms with Gasteiger partial charge in [-0.3, -0.25) is 14.4 Å². The van der Waals surface area contributed by atoms with Crippen LogP contribution in [-0.2, 0) is 35.4 Å². The molecule has 193 valence electrons. The molecule has 11 heteroatoms. The second-order valence-electron chi connectivity index (χ2n) is 9.64. The monoisotopic (exact) mass is 537 g/mol. The van der Waals surface area contributed by atoms with Gasteiger partial charge in [0.15, 0.2) is 0 Å². The Hall–Kier alpha value is -3.29. The second kappa shape index (κ2) is 11.8. The number of hydroxylamine groups is 2. The third-order valence-electron chi connectivity index (χ3n) is 6.04. The van der Waals surface area contributed by atoms with E-state index in [0.29, 0.717) is 22.4 Å². The van der Waals surface area contributed by atoms with Crippen molar-refractivity contribution in [1.82, 2.24) is 10.4 Å². The Balaban J connectivity index is 1.92. The molecule has 9 nitrogen and oxygen atoms in total. The van der Waals surface area contributed by atoms with Crippen molar-refractivity contribution in [3.63, 3.8) is 0 Å². The minimum atomic E-state index is -0.921. The number of rotatable bonds is 9. The van der Waals surface area contributed by atoms with E-state index in [0.717, 1.165) is 28.0 Å². The van der Waals surface area contributed by atoms with E-state index in [9.17, 15) is 19.2 Å². The SMILES string of the molecule is Cc1c(C)c(C(=O)NCC(=O)ON2C(=O)CCC2=O)c([Si]O[Si])c(C(C)(C)C)c1COc1ccccc1. The van der Waals surface area contributed by atoms with Gasteiger partial charge in [-0.05, 0) is 58.8 Å². The summed E-state index contributed by atoms with van der Waals surface area (Å²) in [6.07, 6.45) is -0.0208. The molecule has 1 aliphatic heterocycles. The fraction of sp³-hybridized carbons (Fsp3) is 0.385. The molecule has 0 aromatic heterocycles. The summed E-state index contributed by atoms with van der Waals surface area (Å²) in [7, 11) is 2.89. The third kappa shape index (κ3) is 6.54. The quantitative estimate of drug-likeness (QED) is 0.384. The molecule has 5 radical (unpaired) electrons. The van der Waals surface area contributed by atoms with Crippen molar-refractivity contribution < 1.29 is 32.9 Å². The van der Waals surface area contributed by atoms with Crippen LogP contribution in [0.4, 0.5) is 0 Å². The van der Waals surface area contributed by atoms with Crippen LogP contribution in [-0.4, -0.2) is 55.5 Å². The molecule has 1 aliphatic rings. The van der Waals surface area contributed by atoms with Crippen LogP contribution in [0.25, 0.3) is 0 Å². The Bertz CT molecular complexity index is 1190. The second-order valence-corrected chi connectivity index (χ2v) is 11.2. The van der Waals surface area contributed by atoms with Gasteiger partial charge in [-0.15, -0.1) is 5.06 Å². The van der Waals surface area contributed by atoms with Gasteiger partial charge in [0.25, 0.3) is 27.5 Å². The van der Waals surface area contributed by atoms with Gasteiger partial charge in [-0.25, -0.2) is 4.79 Å². The molecular weight excluding hydrogens is 508 g/mol. The van der Waals surface area contributed by atoms with Gasteiger partial charge in [0, 0.05) is 18.4 Å². The Morgan fingerprint density at radius 1 is 1.05 bits per heavy atom. The average molecular weight is 538 g/mol. The van der Waals surface area contributed by atoms with Gasteiger partial charge in [0.2, 0.25) is 10.5 Å². The summed E-state index contributed by atoms with van der Waals surface area (Å²) in [6, 6.07) is 9.48. The predicted molar refractivity (Wildman–Crippen MR) is 137 cm³/mol. The fourth-order valence-electron chi connectivity index (χ4n) is 4.21. The Kier molecular flexibility index (Phi) is 9.05. The number of carbonyl (C=O) groups is 4. The molecule has 1 heterocycles. The summed E-state index contributed by atoms with van der Waals surface area (Å²) >= 11 is 0. The van der Waals surface area contributed by atoms with Crippen LogP contribution in [0.5, 0.6) is 5.75 Å². The number of ether oxygens (including phenoxy) is 1. The molecular formula is C26H29N2O7Si2. The summed E-state index contributed by atoms with van der Waals surface area (Å²) in [5.41, 5.74) is 3.52. The highest BCUT2D eigenvalue weighted by Crippen LogP contribution is 2.31. The van der Waals surface area contributed by atoms with E-state index in [1.807, 2.05) is 65.0 Å². The average Bonchev–Trinajstić information content (AvgIpc) is 3.16. The first-order chi connectivity index (χ1) is 17.5. The molecule has 0 saturated carbocycles. The Morgan fingerprint density at radius 3 is 2.24 bits per heavy atom. The van der Waals surface area contributed by atoms with Crippen LogP contribution in [0.3, 0.4) is 0 Å². The van der Waals surface area contributed by atoms with Crippen molar-refractivity contribution in [3.05, 3.63) is 58.1 Å². The van der Waals surface area contributed by atoms with Crippen molar-refractivity contribution in [1.29, 1.82) is 0 Å². The molecule has 3 amide bonds. The molecule has 3 rings (SSSR count). The summed E-state index contributed by atoms with van der Waals surface area (Å²) in [5, 5.41) is 3.70. The lowest BCUT2D eigenvalue weighted by atomic mass is 9.79. The van der Waals surface area contributed by atoms with Crippen molar-refractivity contribution in [3.8, 4) is 5.75 Å². The standard InChI is InChI=1S/C26H29N2O7Si2/c1-15-16(2)22(25(32)27-13-21(31)34-28-19(29)11-12-20(28)30)24(37-35-36)23(26(3,4)5)18(15)14-33-17-9-7-6-8-10-17/h6-10H,11-14H2,1-5H3,(H,27,32). The summed E-state index contributed by atoms with van der Waals surface area (Å²) in [6.45, 7) is 9.70. The number of hydrogen-bond acceptors (Lipinski definition) is 7. The zero-order valence-corrected chi connectivity index (χ0v) is 23.5. The first kappa shape index (κ1) is 28.3. The van der Waals surface area contributed by atoms with E-state index < -0.39 is 30.2 Å². The maximum atomic E-state index is 13.4. The van der Waals surface area contributed by atoms with E-state index in [4.69, 9.17) is 13.7 Å². The zero-order valence-electron chi connectivity index (χ0n) is 21.5. The van der Waals surface area contributed by atoms with Crippen molar-refractivity contribution in [2.45, 2.75) is 59.5 Å². The van der Waals surface area contributed by atoms with Gasteiger partial charge in [0.05, 0.1) is 0 Å². The molecule has 0 atom stereocenters. The van der Waals surface area contributed by atoms with Crippen LogP contribution in [0.1, 0.15) is 66.2 Å². The first-order valence-corrected chi connectivity index (χ1v) is 13.0. The maximum absolute atomic E-state index is 13.4. The molecule has 0 bridgehead atoms. The lowest BCUT2D eigenvalue weighted by Crippen LogP contribution is -2.42. The molecule has 2 aromatic rings. The number of hydrogen-bond donors (Lipinski definition) is 1. The lowest BCUT2D eigenvalue weighted by molar-refractivity contribution is -0.196. The summed E-state index contributed by atoms with van der Waals surface area (Å²) in [5.74, 6) is -1.86. The molecule has 1 fully saturated rings. The van der Waals surface area contributed by atoms with Gasteiger partial charge in [0.1, 0.15) is 18.9 Å². The van der Waals surface area contributed by atoms with Crippen LogP contribution in [0.2, 0.25) is 0 Å². The molecule has 0 spiro atoms. The summed E-state index contributed by atoms with van der Waals surface area (Å²) in [4.78, 5) is 53.9. The number of nitrogens with one attached hydrogen (secondary N) is 1.